The SMILES string of the molecule is C=CC(=O)N1CC2CN(C)c3c(c4cc(Cl)c(-c5c(O)cccc5Cl)nc4n(-c4c(C)ccnc4C(C)C)c3=O)N2CC1C. The van der Waals surface area contributed by atoms with Crippen LogP contribution in [0.15, 0.2) is 54.0 Å². The van der Waals surface area contributed by atoms with Gasteiger partial charge in [0.15, 0.2) is 5.65 Å². The van der Waals surface area contributed by atoms with Gasteiger partial charge in [-0.15, -0.1) is 0 Å². The first-order chi connectivity index (χ1) is 20.9. The number of aryl methyl sites for hydroxylation is 1. The molecule has 0 radical (unpaired) electrons. The van der Waals surface area contributed by atoms with E-state index in [0.717, 1.165) is 16.9 Å². The highest BCUT2D eigenvalue weighted by Crippen LogP contribution is 2.45. The van der Waals surface area contributed by atoms with Gasteiger partial charge in [0, 0.05) is 44.3 Å². The second-order valence-corrected chi connectivity index (χ2v) is 12.7. The number of anilines is 2. The third-order valence-corrected chi connectivity index (χ3v) is 9.26. The summed E-state index contributed by atoms with van der Waals surface area (Å²) in [6, 6.07) is 8.31. The van der Waals surface area contributed by atoms with Gasteiger partial charge in [-0.1, -0.05) is 49.7 Å². The number of likely N-dealkylation sites (N-methyl/N-ethyl adjacent to an activating group) is 1. The number of fused-ring (bicyclic) bond motifs is 5. The minimum absolute atomic E-state index is 0.0145. The summed E-state index contributed by atoms with van der Waals surface area (Å²) in [5.41, 5.74) is 4.20. The second kappa shape index (κ2) is 11.1. The van der Waals surface area contributed by atoms with Gasteiger partial charge < -0.3 is 19.8 Å². The number of amides is 1. The predicted molar refractivity (Wildman–Crippen MR) is 177 cm³/mol. The van der Waals surface area contributed by atoms with E-state index in [1.165, 1.54) is 12.1 Å². The van der Waals surface area contributed by atoms with Gasteiger partial charge in [0.1, 0.15) is 11.4 Å². The molecule has 2 aliphatic heterocycles. The molecule has 9 nitrogen and oxygen atoms in total. The first-order valence-electron chi connectivity index (χ1n) is 14.6. The Morgan fingerprint density at radius 2 is 1.86 bits per heavy atom. The molecule has 4 aromatic rings. The molecule has 228 valence electrons. The zero-order valence-electron chi connectivity index (χ0n) is 25.3. The minimum Gasteiger partial charge on any atom is -0.507 e. The molecule has 3 aromatic heterocycles. The number of hydrogen-bond donors (Lipinski definition) is 1. The summed E-state index contributed by atoms with van der Waals surface area (Å²) in [6.07, 6.45) is 3.10. The number of phenols is 1. The van der Waals surface area contributed by atoms with Crippen molar-refractivity contribution in [3.63, 3.8) is 0 Å². The summed E-state index contributed by atoms with van der Waals surface area (Å²) in [5, 5.41) is 12.1. The van der Waals surface area contributed by atoms with Gasteiger partial charge in [0.25, 0.3) is 5.56 Å². The zero-order valence-corrected chi connectivity index (χ0v) is 26.8. The summed E-state index contributed by atoms with van der Waals surface area (Å²) < 4.78 is 1.64. The van der Waals surface area contributed by atoms with Crippen molar-refractivity contribution in [3.05, 3.63) is 80.8 Å². The van der Waals surface area contributed by atoms with E-state index in [1.807, 2.05) is 50.6 Å². The van der Waals surface area contributed by atoms with Crippen LogP contribution in [0.25, 0.3) is 28.0 Å². The van der Waals surface area contributed by atoms with E-state index in [9.17, 15) is 14.7 Å². The highest BCUT2D eigenvalue weighted by atomic mass is 35.5. The van der Waals surface area contributed by atoms with Crippen LogP contribution in [-0.2, 0) is 4.79 Å². The fourth-order valence-corrected chi connectivity index (χ4v) is 7.11. The molecule has 1 amide bonds. The van der Waals surface area contributed by atoms with Crippen molar-refractivity contribution in [2.75, 3.05) is 36.5 Å². The molecule has 0 saturated carbocycles. The van der Waals surface area contributed by atoms with E-state index in [0.29, 0.717) is 42.0 Å². The smallest absolute Gasteiger partial charge is 0.282 e. The molecule has 2 atom stereocenters. The highest BCUT2D eigenvalue weighted by molar-refractivity contribution is 6.37. The van der Waals surface area contributed by atoms with Crippen LogP contribution in [-0.4, -0.2) is 69.2 Å². The van der Waals surface area contributed by atoms with E-state index in [1.54, 1.807) is 29.0 Å². The molecule has 6 rings (SSSR count). The van der Waals surface area contributed by atoms with Gasteiger partial charge in [-0.3, -0.25) is 19.1 Å². The minimum atomic E-state index is -0.243. The van der Waals surface area contributed by atoms with E-state index in [2.05, 4.69) is 16.5 Å². The molecule has 1 fully saturated rings. The lowest BCUT2D eigenvalue weighted by molar-refractivity contribution is -0.128. The van der Waals surface area contributed by atoms with Gasteiger partial charge >= 0.3 is 0 Å². The highest BCUT2D eigenvalue weighted by Gasteiger charge is 2.41. The summed E-state index contributed by atoms with van der Waals surface area (Å²) in [4.78, 5) is 43.3. The van der Waals surface area contributed by atoms with Crippen molar-refractivity contribution < 1.29 is 9.90 Å². The Hall–Kier alpha value is -4.08. The summed E-state index contributed by atoms with van der Waals surface area (Å²) >= 11 is 13.5. The molecule has 11 heteroatoms. The number of aromatic nitrogens is 3. The van der Waals surface area contributed by atoms with Crippen molar-refractivity contribution in [2.24, 2.45) is 0 Å². The number of carbonyl (C=O) groups excluding carboxylic acids is 1. The van der Waals surface area contributed by atoms with Crippen LogP contribution in [0.2, 0.25) is 10.0 Å². The standard InChI is InChI=1S/C33H34Cl2N6O3/c1-7-25(43)39-16-20-15-38(6)31-30(40(20)14-19(39)5)21-13-23(35)28(26-22(34)9-8-10-24(26)42)37-32(21)41(33(31)44)29-18(4)11-12-36-27(29)17(2)3/h7-13,17,19-20,42H,1,14-16H2,2-6H3. The number of aromatic hydroxyl groups is 1. The normalized spacial score (nSPS) is 18.0. The van der Waals surface area contributed by atoms with Crippen molar-refractivity contribution >= 4 is 51.5 Å². The maximum Gasteiger partial charge on any atom is 0.282 e. The first kappa shape index (κ1) is 30.0. The number of phenolic OH excluding ortho intramolecular Hbond substituents is 1. The van der Waals surface area contributed by atoms with Crippen molar-refractivity contribution in [1.29, 1.82) is 0 Å². The van der Waals surface area contributed by atoms with Crippen LogP contribution in [0.4, 0.5) is 11.4 Å². The molecular weight excluding hydrogens is 599 g/mol. The molecule has 1 aromatic carbocycles. The van der Waals surface area contributed by atoms with Crippen LogP contribution in [0.5, 0.6) is 5.75 Å². The van der Waals surface area contributed by atoms with E-state index >= 15 is 0 Å². The van der Waals surface area contributed by atoms with Crippen LogP contribution in [0.3, 0.4) is 0 Å². The Balaban J connectivity index is 1.73. The molecule has 0 bridgehead atoms. The van der Waals surface area contributed by atoms with Gasteiger partial charge in [0.05, 0.1) is 44.4 Å². The van der Waals surface area contributed by atoms with E-state index < -0.39 is 0 Å². The quantitative estimate of drug-likeness (QED) is 0.279. The lowest BCUT2D eigenvalue weighted by Gasteiger charge is -2.51. The molecule has 0 aliphatic carbocycles. The number of rotatable bonds is 4. The number of hydrogen-bond acceptors (Lipinski definition) is 7. The number of benzene rings is 1. The third kappa shape index (κ3) is 4.61. The van der Waals surface area contributed by atoms with E-state index in [-0.39, 0.29) is 56.5 Å². The van der Waals surface area contributed by atoms with Crippen LogP contribution < -0.4 is 15.4 Å². The topological polar surface area (TPSA) is 94.8 Å². The number of pyridine rings is 3. The van der Waals surface area contributed by atoms with Crippen molar-refractivity contribution in [1.82, 2.24) is 19.4 Å². The summed E-state index contributed by atoms with van der Waals surface area (Å²) in [7, 11) is 1.90. The fraction of sp³-hybridized carbons (Fsp3) is 0.333. The molecule has 1 saturated heterocycles. The van der Waals surface area contributed by atoms with Gasteiger partial charge in [0.2, 0.25) is 5.91 Å². The van der Waals surface area contributed by atoms with Crippen LogP contribution >= 0.6 is 23.2 Å². The summed E-state index contributed by atoms with van der Waals surface area (Å²) in [6.45, 7) is 13.2. The van der Waals surface area contributed by atoms with Gasteiger partial charge in [-0.05, 0) is 55.7 Å². The van der Waals surface area contributed by atoms with Gasteiger partial charge in [-0.2, -0.15) is 0 Å². The van der Waals surface area contributed by atoms with Crippen molar-refractivity contribution in [2.45, 2.75) is 45.7 Å². The molecular formula is C33H34Cl2N6O3. The number of piperazine rings is 1. The molecule has 0 spiro atoms. The predicted octanol–water partition coefficient (Wildman–Crippen LogP) is 5.93. The van der Waals surface area contributed by atoms with E-state index in [4.69, 9.17) is 28.2 Å². The molecule has 1 N–H and O–H groups in total. The molecule has 5 heterocycles. The first-order valence-corrected chi connectivity index (χ1v) is 15.3. The zero-order chi connectivity index (χ0) is 31.6. The lowest BCUT2D eigenvalue weighted by atomic mass is 9.98. The number of carbonyl (C=O) groups is 1. The van der Waals surface area contributed by atoms with Crippen LogP contribution in [0.1, 0.15) is 37.9 Å². The molecule has 2 aliphatic rings. The van der Waals surface area contributed by atoms with Crippen LogP contribution in [0, 0.1) is 6.92 Å². The summed E-state index contributed by atoms with van der Waals surface area (Å²) in [5.74, 6) is -0.177. The second-order valence-electron chi connectivity index (χ2n) is 11.9. The monoisotopic (exact) mass is 632 g/mol. The average Bonchev–Trinajstić information content (AvgIpc) is 2.97. The maximum atomic E-state index is 14.8. The van der Waals surface area contributed by atoms with Gasteiger partial charge in [-0.25, -0.2) is 4.98 Å². The largest absolute Gasteiger partial charge is 0.507 e. The number of halogens is 2. The fourth-order valence-electron chi connectivity index (χ4n) is 6.60. The molecule has 44 heavy (non-hydrogen) atoms. The maximum absolute atomic E-state index is 14.8. The molecule has 2 unspecified atom stereocenters. The Kier molecular flexibility index (Phi) is 7.58. The Morgan fingerprint density at radius 3 is 2.55 bits per heavy atom. The number of nitrogens with zero attached hydrogens (tertiary/aromatic N) is 6. The Morgan fingerprint density at radius 1 is 1.11 bits per heavy atom. The lowest BCUT2D eigenvalue weighted by Crippen LogP contribution is -2.64. The third-order valence-electron chi connectivity index (χ3n) is 8.66. The average molecular weight is 634 g/mol. The Labute approximate surface area is 266 Å². The Bertz CT molecular complexity index is 1890. The van der Waals surface area contributed by atoms with Crippen molar-refractivity contribution in [3.8, 4) is 22.7 Å².